The summed E-state index contributed by atoms with van der Waals surface area (Å²) in [4.78, 5) is 4.32. The van der Waals surface area contributed by atoms with Crippen molar-refractivity contribution in [3.63, 3.8) is 0 Å². The van der Waals surface area contributed by atoms with Gasteiger partial charge in [0.15, 0.2) is 0 Å². The Labute approximate surface area is 105 Å². The van der Waals surface area contributed by atoms with Crippen LogP contribution in [0.25, 0.3) is 0 Å². The number of hydrogen-bond donors (Lipinski definition) is 1. The van der Waals surface area contributed by atoms with E-state index in [2.05, 4.69) is 28.7 Å². The van der Waals surface area contributed by atoms with Crippen molar-refractivity contribution < 1.29 is 0 Å². The van der Waals surface area contributed by atoms with E-state index in [1.54, 1.807) is 0 Å². The molecule has 0 amide bonds. The molecular weight excluding hydrogens is 210 g/mol. The molecule has 0 bridgehead atoms. The molecule has 17 heavy (non-hydrogen) atoms. The molecule has 1 aliphatic carbocycles. The first kappa shape index (κ1) is 12.6. The van der Waals surface area contributed by atoms with Crippen molar-refractivity contribution in [1.82, 2.24) is 14.9 Å². The summed E-state index contributed by atoms with van der Waals surface area (Å²) in [6.07, 6.45) is 10.8. The van der Waals surface area contributed by atoms with Gasteiger partial charge < -0.3 is 9.88 Å². The highest BCUT2D eigenvalue weighted by Gasteiger charge is 2.19. The Morgan fingerprint density at radius 2 is 2.24 bits per heavy atom. The van der Waals surface area contributed by atoms with E-state index in [1.165, 1.54) is 37.8 Å². The topological polar surface area (TPSA) is 29.9 Å². The number of nitrogens with one attached hydrogen (secondary N) is 1. The fourth-order valence-corrected chi connectivity index (χ4v) is 2.80. The molecule has 2 unspecified atom stereocenters. The summed E-state index contributed by atoms with van der Waals surface area (Å²) in [7, 11) is 0. The van der Waals surface area contributed by atoms with Crippen molar-refractivity contribution in [2.75, 3.05) is 6.54 Å². The van der Waals surface area contributed by atoms with Gasteiger partial charge in [-0.05, 0) is 31.7 Å². The highest BCUT2D eigenvalue weighted by Crippen LogP contribution is 2.30. The number of nitrogens with zero attached hydrogens (tertiary/aromatic N) is 2. The van der Waals surface area contributed by atoms with E-state index in [4.69, 9.17) is 0 Å². The van der Waals surface area contributed by atoms with Gasteiger partial charge in [-0.15, -0.1) is 0 Å². The van der Waals surface area contributed by atoms with Crippen LogP contribution >= 0.6 is 0 Å². The SMILES string of the molecule is CCNCc1cncn1C1CCCC(C)CC1. The van der Waals surface area contributed by atoms with Crippen molar-refractivity contribution in [1.29, 1.82) is 0 Å². The molecule has 2 rings (SSSR count). The van der Waals surface area contributed by atoms with Gasteiger partial charge in [0.1, 0.15) is 0 Å². The Morgan fingerprint density at radius 3 is 3.06 bits per heavy atom. The summed E-state index contributed by atoms with van der Waals surface area (Å²) in [6.45, 7) is 6.50. The summed E-state index contributed by atoms with van der Waals surface area (Å²) in [6, 6.07) is 0.677. The van der Waals surface area contributed by atoms with Crippen LogP contribution in [0.15, 0.2) is 12.5 Å². The second kappa shape index (κ2) is 6.20. The molecule has 1 fully saturated rings. The Hall–Kier alpha value is -0.830. The molecule has 3 nitrogen and oxygen atoms in total. The highest BCUT2D eigenvalue weighted by atomic mass is 15.1. The largest absolute Gasteiger partial charge is 0.330 e. The van der Waals surface area contributed by atoms with Crippen LogP contribution in [0.5, 0.6) is 0 Å². The first-order valence-electron chi connectivity index (χ1n) is 7.02. The molecule has 1 aliphatic rings. The predicted octanol–water partition coefficient (Wildman–Crippen LogP) is 3.13. The molecule has 1 heterocycles. The number of hydrogen-bond acceptors (Lipinski definition) is 2. The first-order valence-corrected chi connectivity index (χ1v) is 7.02. The lowest BCUT2D eigenvalue weighted by Gasteiger charge is -2.19. The van der Waals surface area contributed by atoms with E-state index in [0.29, 0.717) is 6.04 Å². The smallest absolute Gasteiger partial charge is 0.0951 e. The Kier molecular flexibility index (Phi) is 4.60. The van der Waals surface area contributed by atoms with Crippen molar-refractivity contribution in [3.8, 4) is 0 Å². The second-order valence-electron chi connectivity index (χ2n) is 5.34. The monoisotopic (exact) mass is 235 g/mol. The van der Waals surface area contributed by atoms with Crippen molar-refractivity contribution >= 4 is 0 Å². The van der Waals surface area contributed by atoms with Crippen LogP contribution in [0.1, 0.15) is 57.7 Å². The maximum atomic E-state index is 4.32. The van der Waals surface area contributed by atoms with Crippen LogP contribution in [-0.2, 0) is 6.54 Å². The van der Waals surface area contributed by atoms with Gasteiger partial charge in [-0.1, -0.05) is 26.7 Å². The van der Waals surface area contributed by atoms with Gasteiger partial charge in [0, 0.05) is 18.8 Å². The van der Waals surface area contributed by atoms with Crippen LogP contribution in [0.4, 0.5) is 0 Å². The molecule has 0 aliphatic heterocycles. The normalized spacial score (nSPS) is 25.8. The summed E-state index contributed by atoms with van der Waals surface area (Å²) in [5.74, 6) is 0.903. The molecule has 0 spiro atoms. The minimum Gasteiger partial charge on any atom is -0.330 e. The zero-order chi connectivity index (χ0) is 12.1. The molecule has 0 radical (unpaired) electrons. The molecule has 1 saturated carbocycles. The molecule has 1 aromatic rings. The van der Waals surface area contributed by atoms with Gasteiger partial charge in [-0.2, -0.15) is 0 Å². The fraction of sp³-hybridized carbons (Fsp3) is 0.786. The number of imidazole rings is 1. The number of rotatable bonds is 4. The summed E-state index contributed by atoms with van der Waals surface area (Å²) in [5.41, 5.74) is 1.34. The van der Waals surface area contributed by atoms with Gasteiger partial charge in [-0.3, -0.25) is 0 Å². The second-order valence-corrected chi connectivity index (χ2v) is 5.34. The van der Waals surface area contributed by atoms with Crippen molar-refractivity contribution in [3.05, 3.63) is 18.2 Å². The third kappa shape index (κ3) is 3.32. The Balaban J connectivity index is 2.02. The van der Waals surface area contributed by atoms with Gasteiger partial charge in [0.2, 0.25) is 0 Å². The molecule has 0 aromatic carbocycles. The zero-order valence-corrected chi connectivity index (χ0v) is 11.2. The minimum absolute atomic E-state index is 0.677. The zero-order valence-electron chi connectivity index (χ0n) is 11.2. The van der Waals surface area contributed by atoms with Crippen molar-refractivity contribution in [2.45, 2.75) is 58.5 Å². The molecule has 2 atom stereocenters. The van der Waals surface area contributed by atoms with Crippen LogP contribution in [0.2, 0.25) is 0 Å². The fourth-order valence-electron chi connectivity index (χ4n) is 2.80. The molecule has 0 saturated heterocycles. The van der Waals surface area contributed by atoms with Crippen molar-refractivity contribution in [2.24, 2.45) is 5.92 Å². The van der Waals surface area contributed by atoms with Gasteiger partial charge >= 0.3 is 0 Å². The molecule has 1 N–H and O–H groups in total. The molecule has 1 aromatic heterocycles. The summed E-state index contributed by atoms with van der Waals surface area (Å²) >= 11 is 0. The Bertz CT molecular complexity index is 332. The van der Waals surface area contributed by atoms with E-state index in [9.17, 15) is 0 Å². The van der Waals surface area contributed by atoms with E-state index in [1.807, 2.05) is 12.5 Å². The van der Waals surface area contributed by atoms with Crippen LogP contribution < -0.4 is 5.32 Å². The Morgan fingerprint density at radius 1 is 1.35 bits per heavy atom. The molecule has 3 heteroatoms. The lowest BCUT2D eigenvalue weighted by Crippen LogP contribution is -2.17. The standard InChI is InChI=1S/C14H25N3/c1-3-15-9-14-10-16-11-17(14)13-6-4-5-12(2)7-8-13/h10-13,15H,3-9H2,1-2H3. The van der Waals surface area contributed by atoms with Crippen LogP contribution in [0.3, 0.4) is 0 Å². The summed E-state index contributed by atoms with van der Waals surface area (Å²) < 4.78 is 2.40. The van der Waals surface area contributed by atoms with E-state index < -0.39 is 0 Å². The first-order chi connectivity index (χ1) is 8.31. The lowest BCUT2D eigenvalue weighted by atomic mass is 10.0. The third-order valence-electron chi connectivity index (χ3n) is 3.92. The van der Waals surface area contributed by atoms with E-state index in [-0.39, 0.29) is 0 Å². The minimum atomic E-state index is 0.677. The van der Waals surface area contributed by atoms with Crippen LogP contribution in [0, 0.1) is 5.92 Å². The molecular formula is C14H25N3. The highest BCUT2D eigenvalue weighted by molar-refractivity contribution is 5.00. The maximum Gasteiger partial charge on any atom is 0.0951 e. The lowest BCUT2D eigenvalue weighted by molar-refractivity contribution is 0.418. The predicted molar refractivity (Wildman–Crippen MR) is 70.9 cm³/mol. The third-order valence-corrected chi connectivity index (χ3v) is 3.92. The number of aromatic nitrogens is 2. The van der Waals surface area contributed by atoms with E-state index in [0.717, 1.165) is 19.0 Å². The van der Waals surface area contributed by atoms with Crippen LogP contribution in [-0.4, -0.2) is 16.1 Å². The average Bonchev–Trinajstić information content (AvgIpc) is 2.69. The van der Waals surface area contributed by atoms with Gasteiger partial charge in [0.25, 0.3) is 0 Å². The van der Waals surface area contributed by atoms with Gasteiger partial charge in [-0.25, -0.2) is 4.98 Å². The maximum absolute atomic E-state index is 4.32. The summed E-state index contributed by atoms with van der Waals surface area (Å²) in [5, 5.41) is 3.39. The average molecular weight is 235 g/mol. The quantitative estimate of drug-likeness (QED) is 0.813. The van der Waals surface area contributed by atoms with Gasteiger partial charge in [0.05, 0.1) is 12.0 Å². The van der Waals surface area contributed by atoms with E-state index >= 15 is 0 Å². The molecule has 96 valence electrons.